The van der Waals surface area contributed by atoms with Crippen LogP contribution in [0.3, 0.4) is 0 Å². The monoisotopic (exact) mass is 330 g/mol. The summed E-state index contributed by atoms with van der Waals surface area (Å²) in [5, 5.41) is 7.17. The molecule has 2 rings (SSSR count). The van der Waals surface area contributed by atoms with E-state index in [0.29, 0.717) is 0 Å². The van der Waals surface area contributed by atoms with E-state index in [0.717, 1.165) is 20.9 Å². The van der Waals surface area contributed by atoms with Crippen LogP contribution in [-0.4, -0.2) is 12.0 Å². The summed E-state index contributed by atoms with van der Waals surface area (Å²) in [6.45, 7) is 0. The summed E-state index contributed by atoms with van der Waals surface area (Å²) in [5.41, 5.74) is 1.21. The van der Waals surface area contributed by atoms with E-state index in [-0.39, 0.29) is 6.04 Å². The number of likely N-dealkylation sites (N-methyl/N-ethyl adjacent to an activating group) is 1. The van der Waals surface area contributed by atoms with Gasteiger partial charge in [-0.3, -0.25) is 0 Å². The Bertz CT molecular complexity index is 487. The van der Waals surface area contributed by atoms with Crippen LogP contribution in [0.15, 0.2) is 34.2 Å². The minimum absolute atomic E-state index is 0.259. The van der Waals surface area contributed by atoms with E-state index < -0.39 is 0 Å². The molecule has 0 fully saturated rings. The van der Waals surface area contributed by atoms with Crippen molar-refractivity contribution in [1.29, 1.82) is 0 Å². The van der Waals surface area contributed by atoms with Crippen molar-refractivity contribution in [3.05, 3.63) is 49.8 Å². The van der Waals surface area contributed by atoms with E-state index >= 15 is 0 Å². The lowest BCUT2D eigenvalue weighted by Gasteiger charge is -2.16. The fourth-order valence-electron chi connectivity index (χ4n) is 1.64. The van der Waals surface area contributed by atoms with Gasteiger partial charge in [0.05, 0.1) is 10.0 Å². The molecule has 0 aliphatic rings. The van der Waals surface area contributed by atoms with Gasteiger partial charge >= 0.3 is 0 Å². The molecule has 2 nitrogen and oxygen atoms in total. The Hall–Kier alpha value is -0.420. The lowest BCUT2D eigenvalue weighted by molar-refractivity contribution is 0.590. The summed E-state index contributed by atoms with van der Waals surface area (Å²) in [5.74, 6) is 0. The quantitative estimate of drug-likeness (QED) is 0.914. The topological polar surface area (TPSA) is 24.9 Å². The number of hydrogen-bond acceptors (Lipinski definition) is 3. The first-order valence-electron chi connectivity index (χ1n) is 5.21. The second-order valence-electron chi connectivity index (χ2n) is 3.64. The van der Waals surface area contributed by atoms with E-state index in [9.17, 15) is 0 Å². The van der Waals surface area contributed by atoms with Crippen LogP contribution in [0.1, 0.15) is 16.6 Å². The molecule has 0 amide bonds. The minimum Gasteiger partial charge on any atom is -0.313 e. The molecule has 0 saturated carbocycles. The molecule has 5 heteroatoms. The van der Waals surface area contributed by atoms with Crippen LogP contribution in [0.25, 0.3) is 0 Å². The average molecular weight is 332 g/mol. The van der Waals surface area contributed by atoms with Crippen molar-refractivity contribution in [2.75, 3.05) is 7.05 Å². The molecule has 90 valence electrons. The standard InChI is InChI=1S/C12H12BrClN2S/c1-15-11(7-12-16-4-5-17-12)8-2-3-10(14)9(13)6-8/h2-6,11,15H,7H2,1H3. The van der Waals surface area contributed by atoms with Gasteiger partial charge in [0.1, 0.15) is 0 Å². The normalized spacial score (nSPS) is 12.6. The molecule has 2 aromatic rings. The molecule has 0 radical (unpaired) electrons. The van der Waals surface area contributed by atoms with Crippen LogP contribution < -0.4 is 5.32 Å². The van der Waals surface area contributed by atoms with Crippen LogP contribution in [0.5, 0.6) is 0 Å². The van der Waals surface area contributed by atoms with Crippen LogP contribution in [-0.2, 0) is 6.42 Å². The maximum Gasteiger partial charge on any atom is 0.0943 e. The number of halogens is 2. The van der Waals surface area contributed by atoms with Gasteiger partial charge in [0.2, 0.25) is 0 Å². The molecule has 0 aliphatic carbocycles. The van der Waals surface area contributed by atoms with Crippen molar-refractivity contribution in [2.24, 2.45) is 0 Å². The molecular weight excluding hydrogens is 320 g/mol. The predicted molar refractivity (Wildman–Crippen MR) is 76.8 cm³/mol. The zero-order chi connectivity index (χ0) is 12.3. The summed E-state index contributed by atoms with van der Waals surface area (Å²) in [6.07, 6.45) is 2.73. The van der Waals surface area contributed by atoms with Crippen molar-refractivity contribution in [3.8, 4) is 0 Å². The third-order valence-electron chi connectivity index (χ3n) is 2.56. The molecule has 1 unspecified atom stereocenters. The van der Waals surface area contributed by atoms with Crippen molar-refractivity contribution >= 4 is 38.9 Å². The number of benzene rings is 1. The van der Waals surface area contributed by atoms with Gasteiger partial charge in [-0.1, -0.05) is 17.7 Å². The fourth-order valence-corrected chi connectivity index (χ4v) is 2.82. The average Bonchev–Trinajstić information content (AvgIpc) is 2.82. The van der Waals surface area contributed by atoms with Crippen LogP contribution >= 0.6 is 38.9 Å². The summed E-state index contributed by atoms with van der Waals surface area (Å²) in [7, 11) is 1.96. The second-order valence-corrected chi connectivity index (χ2v) is 5.89. The Balaban J connectivity index is 2.20. The highest BCUT2D eigenvalue weighted by molar-refractivity contribution is 9.10. The van der Waals surface area contributed by atoms with E-state index in [1.807, 2.05) is 30.8 Å². The van der Waals surface area contributed by atoms with Gasteiger partial charge in [0, 0.05) is 28.5 Å². The van der Waals surface area contributed by atoms with E-state index in [4.69, 9.17) is 11.6 Å². The van der Waals surface area contributed by atoms with Gasteiger partial charge in [-0.25, -0.2) is 4.98 Å². The Morgan fingerprint density at radius 3 is 2.94 bits per heavy atom. The molecule has 17 heavy (non-hydrogen) atoms. The highest BCUT2D eigenvalue weighted by Gasteiger charge is 2.12. The highest BCUT2D eigenvalue weighted by Crippen LogP contribution is 2.27. The molecule has 1 atom stereocenters. The molecule has 1 N–H and O–H groups in total. The highest BCUT2D eigenvalue weighted by atomic mass is 79.9. The van der Waals surface area contributed by atoms with Gasteiger partial charge in [0.25, 0.3) is 0 Å². The first-order valence-corrected chi connectivity index (χ1v) is 7.26. The zero-order valence-electron chi connectivity index (χ0n) is 9.28. The third kappa shape index (κ3) is 3.28. The van der Waals surface area contributed by atoms with Gasteiger partial charge in [-0.05, 0) is 40.7 Å². The lowest BCUT2D eigenvalue weighted by atomic mass is 10.0. The minimum atomic E-state index is 0.259. The summed E-state index contributed by atoms with van der Waals surface area (Å²) >= 11 is 11.1. The Labute approximate surface area is 118 Å². The van der Waals surface area contributed by atoms with Crippen LogP contribution in [0.4, 0.5) is 0 Å². The summed E-state index contributed by atoms with van der Waals surface area (Å²) in [6, 6.07) is 6.27. The van der Waals surface area contributed by atoms with E-state index in [2.05, 4.69) is 32.3 Å². The molecule has 0 spiro atoms. The van der Waals surface area contributed by atoms with E-state index in [1.54, 1.807) is 11.3 Å². The zero-order valence-corrected chi connectivity index (χ0v) is 12.4. The Kier molecular flexibility index (Phi) is 4.56. The Morgan fingerprint density at radius 1 is 1.53 bits per heavy atom. The molecule has 0 aliphatic heterocycles. The van der Waals surface area contributed by atoms with Crippen LogP contribution in [0.2, 0.25) is 5.02 Å². The van der Waals surface area contributed by atoms with E-state index in [1.165, 1.54) is 5.56 Å². The van der Waals surface area contributed by atoms with Crippen molar-refractivity contribution in [1.82, 2.24) is 10.3 Å². The summed E-state index contributed by atoms with van der Waals surface area (Å²) in [4.78, 5) is 4.31. The van der Waals surface area contributed by atoms with Crippen molar-refractivity contribution < 1.29 is 0 Å². The molecule has 0 bridgehead atoms. The van der Waals surface area contributed by atoms with Gasteiger partial charge in [0.15, 0.2) is 0 Å². The predicted octanol–water partition coefficient (Wildman–Crippen LogP) is 4.06. The number of rotatable bonds is 4. The number of nitrogens with zero attached hydrogens (tertiary/aromatic N) is 1. The molecule has 1 aromatic heterocycles. The molecule has 0 saturated heterocycles. The number of thiazole rings is 1. The SMILES string of the molecule is CNC(Cc1nccs1)c1ccc(Cl)c(Br)c1. The maximum absolute atomic E-state index is 5.99. The summed E-state index contributed by atoms with van der Waals surface area (Å²) < 4.78 is 0.927. The Morgan fingerprint density at radius 2 is 2.35 bits per heavy atom. The second kappa shape index (κ2) is 5.96. The number of hydrogen-bond donors (Lipinski definition) is 1. The molecular formula is C12H12BrClN2S. The number of aromatic nitrogens is 1. The fraction of sp³-hybridized carbons (Fsp3) is 0.250. The first kappa shape index (κ1) is 13.0. The van der Waals surface area contributed by atoms with Gasteiger partial charge in [-0.15, -0.1) is 11.3 Å². The van der Waals surface area contributed by atoms with Crippen molar-refractivity contribution in [2.45, 2.75) is 12.5 Å². The first-order chi connectivity index (χ1) is 8.20. The number of nitrogens with one attached hydrogen (secondary N) is 1. The van der Waals surface area contributed by atoms with Gasteiger partial charge < -0.3 is 5.32 Å². The smallest absolute Gasteiger partial charge is 0.0943 e. The lowest BCUT2D eigenvalue weighted by Crippen LogP contribution is -2.18. The van der Waals surface area contributed by atoms with Crippen molar-refractivity contribution in [3.63, 3.8) is 0 Å². The van der Waals surface area contributed by atoms with Gasteiger partial charge in [-0.2, -0.15) is 0 Å². The largest absolute Gasteiger partial charge is 0.313 e. The molecule has 1 heterocycles. The molecule has 1 aromatic carbocycles. The maximum atomic E-state index is 5.99. The van der Waals surface area contributed by atoms with Crippen LogP contribution in [0, 0.1) is 0 Å². The third-order valence-corrected chi connectivity index (χ3v) is 4.57.